The zero-order chi connectivity index (χ0) is 16.2. The molecule has 0 aromatic heterocycles. The molecule has 1 saturated carbocycles. The van der Waals surface area contributed by atoms with Gasteiger partial charge in [0, 0.05) is 0 Å². The molecule has 23 heavy (non-hydrogen) atoms. The van der Waals surface area contributed by atoms with Crippen molar-refractivity contribution < 1.29 is 0 Å². The van der Waals surface area contributed by atoms with Crippen molar-refractivity contribution in [1.29, 1.82) is 0 Å². The van der Waals surface area contributed by atoms with Crippen LogP contribution in [0.3, 0.4) is 0 Å². The van der Waals surface area contributed by atoms with Crippen LogP contribution >= 0.6 is 0 Å². The van der Waals surface area contributed by atoms with Gasteiger partial charge in [0.1, 0.15) is 0 Å². The second kappa shape index (κ2) is 7.70. The van der Waals surface area contributed by atoms with E-state index in [1.54, 1.807) is 8.79 Å². The zero-order valence-corrected chi connectivity index (χ0v) is 16.8. The van der Waals surface area contributed by atoms with E-state index in [-0.39, 0.29) is 0 Å². The molecule has 2 aromatic rings. The molecule has 121 valence electrons. The fraction of sp³-hybridized carbons (Fsp3) is 0.455. The third-order valence-corrected chi connectivity index (χ3v) is 12.5. The summed E-state index contributed by atoms with van der Waals surface area (Å²) in [4.78, 5) is 0. The summed E-state index contributed by atoms with van der Waals surface area (Å²) in [6.07, 6.45) is 4.29. The fourth-order valence-corrected chi connectivity index (χ4v) is 12.6. The summed E-state index contributed by atoms with van der Waals surface area (Å²) >= 11 is -1.53. The number of hydrogen-bond acceptors (Lipinski definition) is 0. The number of rotatable bonds is 4. The summed E-state index contributed by atoms with van der Waals surface area (Å²) in [5.41, 5.74) is 0. The monoisotopic (exact) mass is 367 g/mol. The van der Waals surface area contributed by atoms with E-state index in [2.05, 4.69) is 81.4 Å². The summed E-state index contributed by atoms with van der Waals surface area (Å²) in [7, 11) is 0. The van der Waals surface area contributed by atoms with Crippen LogP contribution in [0.4, 0.5) is 0 Å². The molecule has 1 fully saturated rings. The van der Waals surface area contributed by atoms with Gasteiger partial charge in [0.15, 0.2) is 0 Å². The summed E-state index contributed by atoms with van der Waals surface area (Å²) in [6, 6.07) is 22.9. The quantitative estimate of drug-likeness (QED) is 0.685. The Bertz CT molecular complexity index is 550. The average molecular weight is 366 g/mol. The summed E-state index contributed by atoms with van der Waals surface area (Å²) in [5, 5.41) is 0. The van der Waals surface area contributed by atoms with Gasteiger partial charge in [-0.1, -0.05) is 0 Å². The van der Waals surface area contributed by atoms with E-state index in [0.717, 1.165) is 22.5 Å². The zero-order valence-electron chi connectivity index (χ0n) is 14.7. The van der Waals surface area contributed by atoms with E-state index in [9.17, 15) is 0 Å². The predicted octanol–water partition coefficient (Wildman–Crippen LogP) is 4.76. The Balaban J connectivity index is 2.03. The van der Waals surface area contributed by atoms with Crippen LogP contribution in [0.2, 0.25) is 4.75 Å². The molecule has 1 aliphatic carbocycles. The SMILES string of the molecule is CC(C)[C@@H]1CC[C@@H](C)C[C@H]1[Ge]([c]1ccccc1)[c]1ccccc1. The van der Waals surface area contributed by atoms with Gasteiger partial charge in [-0.25, -0.2) is 0 Å². The van der Waals surface area contributed by atoms with Crippen molar-refractivity contribution in [3.8, 4) is 0 Å². The molecule has 0 bridgehead atoms. The summed E-state index contributed by atoms with van der Waals surface area (Å²) in [5.74, 6) is 2.61. The van der Waals surface area contributed by atoms with Gasteiger partial charge in [0.2, 0.25) is 0 Å². The van der Waals surface area contributed by atoms with Crippen LogP contribution in [0.1, 0.15) is 40.0 Å². The molecule has 1 radical (unpaired) electrons. The van der Waals surface area contributed by atoms with E-state index in [1.165, 1.54) is 19.3 Å². The molecule has 1 aliphatic rings. The molecule has 1 heteroatoms. The van der Waals surface area contributed by atoms with Gasteiger partial charge in [-0.3, -0.25) is 0 Å². The average Bonchev–Trinajstić information content (AvgIpc) is 2.57. The topological polar surface area (TPSA) is 0 Å². The first kappa shape index (κ1) is 16.8. The van der Waals surface area contributed by atoms with Gasteiger partial charge in [-0.05, 0) is 0 Å². The van der Waals surface area contributed by atoms with Crippen LogP contribution in [0.25, 0.3) is 0 Å². The molecular formula is C22H29Ge. The molecule has 2 aromatic carbocycles. The Morgan fingerprint density at radius 2 is 1.35 bits per heavy atom. The van der Waals surface area contributed by atoms with Gasteiger partial charge in [0.05, 0.1) is 0 Å². The molecule has 0 spiro atoms. The van der Waals surface area contributed by atoms with Gasteiger partial charge in [0.25, 0.3) is 0 Å². The molecular weight excluding hydrogens is 337 g/mol. The van der Waals surface area contributed by atoms with Crippen molar-refractivity contribution in [3.05, 3.63) is 60.7 Å². The van der Waals surface area contributed by atoms with Crippen molar-refractivity contribution in [2.45, 2.75) is 44.8 Å². The van der Waals surface area contributed by atoms with Crippen LogP contribution in [-0.4, -0.2) is 14.3 Å². The Kier molecular flexibility index (Phi) is 5.63. The first-order chi connectivity index (χ1) is 11.2. The van der Waals surface area contributed by atoms with Crippen molar-refractivity contribution >= 4 is 23.1 Å². The van der Waals surface area contributed by atoms with Gasteiger partial charge >= 0.3 is 146 Å². The molecule has 0 saturated heterocycles. The van der Waals surface area contributed by atoms with E-state index in [0.29, 0.717) is 0 Å². The van der Waals surface area contributed by atoms with Gasteiger partial charge in [-0.15, -0.1) is 0 Å². The van der Waals surface area contributed by atoms with Crippen molar-refractivity contribution in [3.63, 3.8) is 0 Å². The number of benzene rings is 2. The second-order valence-corrected chi connectivity index (χ2v) is 13.3. The van der Waals surface area contributed by atoms with Crippen LogP contribution in [0.5, 0.6) is 0 Å². The normalized spacial score (nSPS) is 25.0. The first-order valence-corrected chi connectivity index (χ1v) is 12.5. The summed E-state index contributed by atoms with van der Waals surface area (Å²) < 4.78 is 4.23. The molecule has 3 rings (SSSR count). The molecule has 0 N–H and O–H groups in total. The maximum absolute atomic E-state index is 2.47. The Labute approximate surface area is 146 Å². The van der Waals surface area contributed by atoms with Crippen LogP contribution in [0, 0.1) is 17.8 Å². The van der Waals surface area contributed by atoms with E-state index >= 15 is 0 Å². The Hall–Kier alpha value is -1.02. The molecule has 0 unspecified atom stereocenters. The van der Waals surface area contributed by atoms with Gasteiger partial charge < -0.3 is 0 Å². The Morgan fingerprint density at radius 1 is 0.826 bits per heavy atom. The van der Waals surface area contributed by atoms with E-state index in [4.69, 9.17) is 0 Å². The maximum atomic E-state index is 2.47. The molecule has 0 heterocycles. The predicted molar refractivity (Wildman–Crippen MR) is 103 cm³/mol. The van der Waals surface area contributed by atoms with Gasteiger partial charge in [-0.2, -0.15) is 0 Å². The molecule has 3 atom stereocenters. The molecule has 0 nitrogen and oxygen atoms in total. The van der Waals surface area contributed by atoms with Crippen molar-refractivity contribution in [1.82, 2.24) is 0 Å². The minimum absolute atomic E-state index is 0.808. The fourth-order valence-electron chi connectivity index (χ4n) is 4.36. The van der Waals surface area contributed by atoms with Crippen LogP contribution in [-0.2, 0) is 0 Å². The van der Waals surface area contributed by atoms with Crippen LogP contribution in [0.15, 0.2) is 60.7 Å². The third kappa shape index (κ3) is 3.91. The first-order valence-electron chi connectivity index (χ1n) is 9.14. The summed E-state index contributed by atoms with van der Waals surface area (Å²) in [6.45, 7) is 7.36. The van der Waals surface area contributed by atoms with Crippen molar-refractivity contribution in [2.24, 2.45) is 17.8 Å². The minimum atomic E-state index is -1.53. The second-order valence-electron chi connectivity index (χ2n) is 7.58. The molecule has 0 aliphatic heterocycles. The third-order valence-electron chi connectivity index (χ3n) is 5.56. The standard InChI is InChI=1S/C22H29Ge/c1-17(2)21-15-14-18(3)16-22(21)23(19-10-6-4-7-11-19)20-12-8-5-9-13-20/h4-13,17-18,21-22H,14-16H2,1-3H3/t18-,21+,22-/m1/s1. The number of hydrogen-bond donors (Lipinski definition) is 0. The van der Waals surface area contributed by atoms with Crippen LogP contribution < -0.4 is 8.79 Å². The van der Waals surface area contributed by atoms with Crippen molar-refractivity contribution in [2.75, 3.05) is 0 Å². The Morgan fingerprint density at radius 3 is 1.83 bits per heavy atom. The van der Waals surface area contributed by atoms with E-state index < -0.39 is 14.3 Å². The molecule has 0 amide bonds. The van der Waals surface area contributed by atoms with E-state index in [1.807, 2.05) is 0 Å².